The largest absolute Gasteiger partial charge is 0.358 e. The Morgan fingerprint density at radius 1 is 1.21 bits per heavy atom. The first kappa shape index (κ1) is 13.2. The van der Waals surface area contributed by atoms with Crippen LogP contribution in [-0.2, 0) is 0 Å². The number of nitrogens with zero attached hydrogens (tertiary/aromatic N) is 5. The van der Waals surface area contributed by atoms with Gasteiger partial charge in [-0.3, -0.25) is 4.98 Å². The lowest BCUT2D eigenvalue weighted by molar-refractivity contribution is 0.862. The van der Waals surface area contributed by atoms with Gasteiger partial charge in [-0.2, -0.15) is 0 Å². The normalized spacial score (nSPS) is 10.3. The van der Waals surface area contributed by atoms with E-state index >= 15 is 0 Å². The van der Waals surface area contributed by atoms with Crippen LogP contribution in [0.2, 0.25) is 0 Å². The summed E-state index contributed by atoms with van der Waals surface area (Å²) >= 11 is 0. The first-order chi connectivity index (χ1) is 9.22. The molecule has 0 aromatic carbocycles. The summed E-state index contributed by atoms with van der Waals surface area (Å²) in [5, 5.41) is 0. The van der Waals surface area contributed by atoms with Crippen LogP contribution in [0.5, 0.6) is 0 Å². The molecule has 0 aliphatic rings. The second-order valence-corrected chi connectivity index (χ2v) is 4.21. The van der Waals surface area contributed by atoms with Crippen LogP contribution >= 0.6 is 0 Å². The number of hydrogen-bond donors (Lipinski definition) is 1. The van der Waals surface area contributed by atoms with E-state index in [1.165, 1.54) is 0 Å². The molecule has 0 amide bonds. The van der Waals surface area contributed by atoms with E-state index in [1.54, 1.807) is 18.7 Å². The van der Waals surface area contributed by atoms with Gasteiger partial charge in [0.1, 0.15) is 18.0 Å². The maximum atomic E-state index is 5.55. The summed E-state index contributed by atoms with van der Waals surface area (Å²) in [6.45, 7) is 1.35. The number of aromatic nitrogens is 3. The van der Waals surface area contributed by atoms with Gasteiger partial charge in [-0.1, -0.05) is 0 Å². The number of anilines is 3. The van der Waals surface area contributed by atoms with E-state index in [2.05, 4.69) is 15.0 Å². The van der Waals surface area contributed by atoms with Crippen molar-refractivity contribution in [3.63, 3.8) is 0 Å². The van der Waals surface area contributed by atoms with E-state index in [0.717, 1.165) is 23.9 Å². The summed E-state index contributed by atoms with van der Waals surface area (Å²) in [5.74, 6) is 1.67. The Bertz CT molecular complexity index is 516. The molecule has 2 aromatic heterocycles. The van der Waals surface area contributed by atoms with Gasteiger partial charge in [0.25, 0.3) is 0 Å². The Morgan fingerprint density at radius 3 is 2.68 bits per heavy atom. The lowest BCUT2D eigenvalue weighted by atomic mass is 10.3. The van der Waals surface area contributed by atoms with Crippen molar-refractivity contribution in [2.45, 2.75) is 0 Å². The third-order valence-corrected chi connectivity index (χ3v) is 2.87. The van der Waals surface area contributed by atoms with Gasteiger partial charge >= 0.3 is 0 Å². The Balaban J connectivity index is 2.23. The summed E-state index contributed by atoms with van der Waals surface area (Å²) in [4.78, 5) is 16.6. The van der Waals surface area contributed by atoms with Crippen molar-refractivity contribution in [3.8, 4) is 0 Å². The maximum Gasteiger partial charge on any atom is 0.138 e. The number of pyridine rings is 1. The third kappa shape index (κ3) is 3.17. The molecule has 0 aliphatic carbocycles. The minimum Gasteiger partial charge on any atom is -0.358 e. The monoisotopic (exact) mass is 258 g/mol. The fourth-order valence-electron chi connectivity index (χ4n) is 1.72. The molecule has 6 heteroatoms. The fourth-order valence-corrected chi connectivity index (χ4v) is 1.72. The third-order valence-electron chi connectivity index (χ3n) is 2.87. The van der Waals surface area contributed by atoms with Crippen LogP contribution in [0.3, 0.4) is 0 Å². The first-order valence-corrected chi connectivity index (χ1v) is 6.09. The molecule has 0 saturated carbocycles. The topological polar surface area (TPSA) is 71.2 Å². The summed E-state index contributed by atoms with van der Waals surface area (Å²) < 4.78 is 0. The highest BCUT2D eigenvalue weighted by molar-refractivity contribution is 5.60. The highest BCUT2D eigenvalue weighted by Crippen LogP contribution is 2.22. The number of hydrogen-bond acceptors (Lipinski definition) is 6. The molecule has 2 heterocycles. The molecule has 0 aliphatic heterocycles. The molecule has 0 unspecified atom stereocenters. The van der Waals surface area contributed by atoms with Crippen LogP contribution < -0.4 is 15.5 Å². The summed E-state index contributed by atoms with van der Waals surface area (Å²) in [6, 6.07) is 5.82. The van der Waals surface area contributed by atoms with Crippen LogP contribution in [0.1, 0.15) is 0 Å². The summed E-state index contributed by atoms with van der Waals surface area (Å²) in [5.41, 5.74) is 6.53. The van der Waals surface area contributed by atoms with Gasteiger partial charge in [0.15, 0.2) is 0 Å². The molecule has 0 radical (unpaired) electrons. The van der Waals surface area contributed by atoms with E-state index in [0.29, 0.717) is 6.54 Å². The van der Waals surface area contributed by atoms with Gasteiger partial charge in [0.2, 0.25) is 0 Å². The van der Waals surface area contributed by atoms with Gasteiger partial charge in [0, 0.05) is 39.4 Å². The molecule has 0 saturated heterocycles. The van der Waals surface area contributed by atoms with Crippen LogP contribution in [0.4, 0.5) is 17.3 Å². The van der Waals surface area contributed by atoms with E-state index in [-0.39, 0.29) is 0 Å². The van der Waals surface area contributed by atoms with Gasteiger partial charge in [-0.15, -0.1) is 0 Å². The fraction of sp³-hybridized carbons (Fsp3) is 0.308. The number of nitrogens with two attached hydrogens (primary N) is 1. The molecule has 19 heavy (non-hydrogen) atoms. The van der Waals surface area contributed by atoms with E-state index in [9.17, 15) is 0 Å². The highest BCUT2D eigenvalue weighted by Gasteiger charge is 2.08. The summed E-state index contributed by atoms with van der Waals surface area (Å²) in [7, 11) is 3.91. The number of rotatable bonds is 5. The van der Waals surface area contributed by atoms with Crippen LogP contribution in [0, 0.1) is 0 Å². The van der Waals surface area contributed by atoms with Crippen molar-refractivity contribution in [2.75, 3.05) is 37.0 Å². The van der Waals surface area contributed by atoms with E-state index in [1.807, 2.05) is 42.1 Å². The molecule has 0 atom stereocenters. The van der Waals surface area contributed by atoms with Crippen molar-refractivity contribution in [2.24, 2.45) is 5.73 Å². The average Bonchev–Trinajstić information content (AvgIpc) is 2.48. The molecule has 2 N–H and O–H groups in total. The molecule has 2 rings (SSSR count). The molecule has 2 aromatic rings. The van der Waals surface area contributed by atoms with Gasteiger partial charge in [-0.25, -0.2) is 9.97 Å². The van der Waals surface area contributed by atoms with Gasteiger partial charge in [-0.05, 0) is 12.1 Å². The van der Waals surface area contributed by atoms with Crippen LogP contribution in [0.15, 0.2) is 36.9 Å². The van der Waals surface area contributed by atoms with E-state index in [4.69, 9.17) is 5.73 Å². The van der Waals surface area contributed by atoms with Crippen molar-refractivity contribution < 1.29 is 0 Å². The number of likely N-dealkylation sites (N-methyl/N-ethyl adjacent to an activating group) is 1. The molecule has 0 bridgehead atoms. The Kier molecular flexibility index (Phi) is 4.25. The second-order valence-electron chi connectivity index (χ2n) is 4.21. The Morgan fingerprint density at radius 2 is 2.00 bits per heavy atom. The predicted molar refractivity (Wildman–Crippen MR) is 76.7 cm³/mol. The minimum atomic E-state index is 0.592. The zero-order chi connectivity index (χ0) is 13.7. The molecular formula is C13H18N6. The molecule has 0 spiro atoms. The van der Waals surface area contributed by atoms with Crippen molar-refractivity contribution in [1.29, 1.82) is 0 Å². The standard InChI is InChI=1S/C13H18N6/c1-18(7-5-14)12-8-13(17-10-16-12)19(2)11-4-3-6-15-9-11/h3-4,6,8-10H,5,7,14H2,1-2H3. The zero-order valence-corrected chi connectivity index (χ0v) is 11.2. The minimum absolute atomic E-state index is 0.592. The SMILES string of the molecule is CN(CCN)c1cc(N(C)c2cccnc2)ncn1. The molecule has 100 valence electrons. The quantitative estimate of drug-likeness (QED) is 0.864. The molecule has 6 nitrogen and oxygen atoms in total. The second kappa shape index (κ2) is 6.10. The van der Waals surface area contributed by atoms with Crippen molar-refractivity contribution in [1.82, 2.24) is 15.0 Å². The molecule has 0 fully saturated rings. The lowest BCUT2D eigenvalue weighted by Gasteiger charge is -2.21. The Hall–Kier alpha value is -2.21. The summed E-state index contributed by atoms with van der Waals surface area (Å²) in [6.07, 6.45) is 5.10. The average molecular weight is 258 g/mol. The lowest BCUT2D eigenvalue weighted by Crippen LogP contribution is -2.26. The van der Waals surface area contributed by atoms with Gasteiger partial charge in [0.05, 0.1) is 11.9 Å². The maximum absolute atomic E-state index is 5.55. The smallest absolute Gasteiger partial charge is 0.138 e. The first-order valence-electron chi connectivity index (χ1n) is 6.09. The van der Waals surface area contributed by atoms with E-state index < -0.39 is 0 Å². The highest BCUT2D eigenvalue weighted by atomic mass is 15.2. The van der Waals surface area contributed by atoms with Crippen LogP contribution in [-0.4, -0.2) is 42.1 Å². The predicted octanol–water partition coefficient (Wildman–Crippen LogP) is 1.03. The van der Waals surface area contributed by atoms with Crippen molar-refractivity contribution in [3.05, 3.63) is 36.9 Å². The zero-order valence-electron chi connectivity index (χ0n) is 11.2. The molecular weight excluding hydrogens is 240 g/mol. The van der Waals surface area contributed by atoms with Crippen molar-refractivity contribution >= 4 is 17.3 Å². The Labute approximate surface area is 112 Å². The van der Waals surface area contributed by atoms with Crippen LogP contribution in [0.25, 0.3) is 0 Å². The van der Waals surface area contributed by atoms with Gasteiger partial charge < -0.3 is 15.5 Å².